The molecule has 1 aromatic carbocycles. The summed E-state index contributed by atoms with van der Waals surface area (Å²) in [4.78, 5) is 48.0. The second-order valence-corrected chi connectivity index (χ2v) is 7.81. The van der Waals surface area contributed by atoms with Gasteiger partial charge in [-0.1, -0.05) is 18.2 Å². The highest BCUT2D eigenvalue weighted by Crippen LogP contribution is 2.32. The van der Waals surface area contributed by atoms with Crippen molar-refractivity contribution < 1.29 is 14.4 Å². The number of carbonyl (C=O) groups is 3. The minimum atomic E-state index is -0.786. The highest BCUT2D eigenvalue weighted by molar-refractivity contribution is 6.10. The first-order valence-electron chi connectivity index (χ1n) is 9.65. The molecule has 1 N–H and O–H groups in total. The molecule has 0 unspecified atom stereocenters. The van der Waals surface area contributed by atoms with Gasteiger partial charge in [-0.15, -0.1) is 0 Å². The van der Waals surface area contributed by atoms with Gasteiger partial charge in [-0.2, -0.15) is 0 Å². The quantitative estimate of drug-likeness (QED) is 0.752. The van der Waals surface area contributed by atoms with Crippen molar-refractivity contribution in [2.45, 2.75) is 24.8 Å². The molecule has 0 saturated carbocycles. The lowest BCUT2D eigenvalue weighted by molar-refractivity contribution is -0.142. The number of rotatable bonds is 2. The lowest BCUT2D eigenvalue weighted by atomic mass is 9.87. The standard InChI is InChI=1S/C20H25N5O3/c1-23(2)19-21-18(28)20(22-19)9-12-24(13-10-20)16(26)15-8-11-25(17(15)27)14-6-4-3-5-7-14/h3-7,15H,8-13H2,1-2H3,(H,21,22,28)/t15-/m1/s1. The number of hydrogen-bond acceptors (Lipinski definition) is 5. The zero-order chi connectivity index (χ0) is 19.9. The summed E-state index contributed by atoms with van der Waals surface area (Å²) in [5, 5.41) is 2.82. The molecule has 4 rings (SSSR count). The van der Waals surface area contributed by atoms with Crippen molar-refractivity contribution in [3.63, 3.8) is 0 Å². The van der Waals surface area contributed by atoms with E-state index in [0.29, 0.717) is 44.9 Å². The maximum Gasteiger partial charge on any atom is 0.254 e. The number of nitrogens with one attached hydrogen (secondary N) is 1. The fourth-order valence-corrected chi connectivity index (χ4v) is 4.14. The average Bonchev–Trinajstić information content (AvgIpc) is 3.23. The largest absolute Gasteiger partial charge is 0.349 e. The van der Waals surface area contributed by atoms with Crippen LogP contribution in [0, 0.1) is 5.92 Å². The molecule has 1 aromatic rings. The molecule has 28 heavy (non-hydrogen) atoms. The van der Waals surface area contributed by atoms with Gasteiger partial charge in [0.2, 0.25) is 17.8 Å². The topological polar surface area (TPSA) is 85.3 Å². The number of likely N-dealkylation sites (tertiary alicyclic amines) is 1. The van der Waals surface area contributed by atoms with E-state index in [1.807, 2.05) is 44.4 Å². The third-order valence-corrected chi connectivity index (χ3v) is 5.87. The van der Waals surface area contributed by atoms with Crippen LogP contribution in [0.1, 0.15) is 19.3 Å². The number of guanidine groups is 1. The van der Waals surface area contributed by atoms with Crippen LogP contribution in [-0.2, 0) is 14.4 Å². The van der Waals surface area contributed by atoms with E-state index in [9.17, 15) is 14.4 Å². The molecular weight excluding hydrogens is 358 g/mol. The summed E-state index contributed by atoms with van der Waals surface area (Å²) < 4.78 is 0. The van der Waals surface area contributed by atoms with Crippen molar-refractivity contribution >= 4 is 29.4 Å². The molecule has 3 amide bonds. The number of aliphatic imine (C=N–C) groups is 1. The zero-order valence-corrected chi connectivity index (χ0v) is 16.2. The number of carbonyl (C=O) groups excluding carboxylic acids is 3. The molecule has 3 aliphatic rings. The Labute approximate surface area is 164 Å². The summed E-state index contributed by atoms with van der Waals surface area (Å²) in [6.45, 7) is 1.42. The van der Waals surface area contributed by atoms with E-state index in [0.717, 1.165) is 5.69 Å². The maximum absolute atomic E-state index is 13.0. The first-order valence-corrected chi connectivity index (χ1v) is 9.65. The zero-order valence-electron chi connectivity index (χ0n) is 16.2. The Morgan fingerprint density at radius 1 is 1.14 bits per heavy atom. The lowest BCUT2D eigenvalue weighted by Crippen LogP contribution is -2.52. The molecular formula is C20H25N5O3. The summed E-state index contributed by atoms with van der Waals surface area (Å²) >= 11 is 0. The van der Waals surface area contributed by atoms with E-state index < -0.39 is 11.5 Å². The molecule has 8 heteroatoms. The molecule has 1 atom stereocenters. The van der Waals surface area contributed by atoms with Crippen molar-refractivity contribution in [2.75, 3.05) is 38.6 Å². The molecule has 3 heterocycles. The van der Waals surface area contributed by atoms with Gasteiger partial charge in [-0.25, -0.2) is 4.99 Å². The SMILES string of the molecule is CN(C)C1=NC2(CCN(C(=O)[C@H]3CCN(c4ccccc4)C3=O)CC2)C(=O)N1. The number of para-hydroxylation sites is 1. The van der Waals surface area contributed by atoms with E-state index in [4.69, 9.17) is 0 Å². The molecule has 1 spiro atoms. The van der Waals surface area contributed by atoms with Gasteiger partial charge in [0.15, 0.2) is 0 Å². The smallest absolute Gasteiger partial charge is 0.254 e. The van der Waals surface area contributed by atoms with Crippen molar-refractivity contribution in [1.82, 2.24) is 15.1 Å². The number of nitrogens with zero attached hydrogens (tertiary/aromatic N) is 4. The number of benzene rings is 1. The van der Waals surface area contributed by atoms with Gasteiger partial charge in [0, 0.05) is 39.4 Å². The van der Waals surface area contributed by atoms with Gasteiger partial charge in [0.05, 0.1) is 0 Å². The number of piperidine rings is 1. The highest BCUT2D eigenvalue weighted by atomic mass is 16.2. The van der Waals surface area contributed by atoms with Crippen LogP contribution in [0.15, 0.2) is 35.3 Å². The van der Waals surface area contributed by atoms with Gasteiger partial charge >= 0.3 is 0 Å². The van der Waals surface area contributed by atoms with Crippen molar-refractivity contribution in [1.29, 1.82) is 0 Å². The molecule has 0 radical (unpaired) electrons. The van der Waals surface area contributed by atoms with Gasteiger partial charge in [-0.05, 0) is 31.4 Å². The Hall–Kier alpha value is -2.90. The molecule has 148 valence electrons. The minimum Gasteiger partial charge on any atom is -0.349 e. The van der Waals surface area contributed by atoms with Gasteiger partial charge in [0.25, 0.3) is 5.91 Å². The van der Waals surface area contributed by atoms with E-state index in [1.165, 1.54) is 0 Å². The van der Waals surface area contributed by atoms with Gasteiger partial charge in [0.1, 0.15) is 11.5 Å². The second-order valence-electron chi connectivity index (χ2n) is 7.81. The predicted molar refractivity (Wildman–Crippen MR) is 105 cm³/mol. The second kappa shape index (κ2) is 6.92. The normalized spacial score (nSPS) is 23.8. The average molecular weight is 383 g/mol. The highest BCUT2D eigenvalue weighted by Gasteiger charge is 2.48. The van der Waals surface area contributed by atoms with Crippen LogP contribution in [-0.4, -0.2) is 72.7 Å². The van der Waals surface area contributed by atoms with Crippen LogP contribution in [0.2, 0.25) is 0 Å². The van der Waals surface area contributed by atoms with Gasteiger partial charge < -0.3 is 14.7 Å². The Balaban J connectivity index is 1.41. The van der Waals surface area contributed by atoms with E-state index in [-0.39, 0.29) is 17.7 Å². The van der Waals surface area contributed by atoms with E-state index in [2.05, 4.69) is 10.3 Å². The first kappa shape index (κ1) is 18.5. The van der Waals surface area contributed by atoms with Crippen LogP contribution in [0.5, 0.6) is 0 Å². The lowest BCUT2D eigenvalue weighted by Gasteiger charge is -2.36. The number of hydrogen-bond donors (Lipinski definition) is 1. The van der Waals surface area contributed by atoms with E-state index in [1.54, 1.807) is 14.7 Å². The van der Waals surface area contributed by atoms with Crippen molar-refractivity contribution in [3.05, 3.63) is 30.3 Å². The fourth-order valence-electron chi connectivity index (χ4n) is 4.14. The van der Waals surface area contributed by atoms with Crippen LogP contribution in [0.4, 0.5) is 5.69 Å². The Bertz CT molecular complexity index is 828. The van der Waals surface area contributed by atoms with Crippen LogP contribution < -0.4 is 10.2 Å². The molecule has 2 saturated heterocycles. The first-order chi connectivity index (χ1) is 13.4. The monoisotopic (exact) mass is 383 g/mol. The Kier molecular flexibility index (Phi) is 4.56. The Morgan fingerprint density at radius 3 is 2.43 bits per heavy atom. The van der Waals surface area contributed by atoms with Crippen LogP contribution >= 0.6 is 0 Å². The van der Waals surface area contributed by atoms with Gasteiger partial charge in [-0.3, -0.25) is 19.7 Å². The Morgan fingerprint density at radius 2 is 1.82 bits per heavy atom. The molecule has 0 aliphatic carbocycles. The van der Waals surface area contributed by atoms with Crippen LogP contribution in [0.3, 0.4) is 0 Å². The van der Waals surface area contributed by atoms with Crippen molar-refractivity contribution in [3.8, 4) is 0 Å². The summed E-state index contributed by atoms with van der Waals surface area (Å²) in [6.07, 6.45) is 1.48. The molecule has 2 fully saturated rings. The number of amides is 3. The molecule has 8 nitrogen and oxygen atoms in total. The summed E-state index contributed by atoms with van der Waals surface area (Å²) in [7, 11) is 3.67. The third-order valence-electron chi connectivity index (χ3n) is 5.87. The summed E-state index contributed by atoms with van der Waals surface area (Å²) in [5.41, 5.74) is 0.0418. The fraction of sp³-hybridized carbons (Fsp3) is 0.500. The number of anilines is 1. The third kappa shape index (κ3) is 3.02. The predicted octanol–water partition coefficient (Wildman–Crippen LogP) is 0.448. The van der Waals surface area contributed by atoms with Crippen LogP contribution in [0.25, 0.3) is 0 Å². The summed E-state index contributed by atoms with van der Waals surface area (Å²) in [5.74, 6) is -0.436. The van der Waals surface area contributed by atoms with Crippen molar-refractivity contribution in [2.24, 2.45) is 10.9 Å². The van der Waals surface area contributed by atoms with E-state index >= 15 is 0 Å². The molecule has 0 aromatic heterocycles. The molecule has 0 bridgehead atoms. The maximum atomic E-state index is 13.0. The molecule has 3 aliphatic heterocycles. The minimum absolute atomic E-state index is 0.101. The summed E-state index contributed by atoms with van der Waals surface area (Å²) in [6, 6.07) is 9.44.